The highest BCUT2D eigenvalue weighted by atomic mass is 32.2. The minimum atomic E-state index is -0.526. The third kappa shape index (κ3) is 5.11. The number of carbonyl (C=O) groups is 2. The molecule has 0 saturated carbocycles. The Labute approximate surface area is 211 Å². The number of anilines is 1. The lowest BCUT2D eigenvalue weighted by atomic mass is 10.1. The number of aryl methyl sites for hydroxylation is 1. The predicted octanol–water partition coefficient (Wildman–Crippen LogP) is 3.85. The topological polar surface area (TPSA) is 110 Å². The molecule has 9 nitrogen and oxygen atoms in total. The monoisotopic (exact) mass is 510 g/mol. The van der Waals surface area contributed by atoms with Gasteiger partial charge in [0, 0.05) is 18.2 Å². The van der Waals surface area contributed by atoms with Crippen LogP contribution in [0.3, 0.4) is 0 Å². The number of rotatable bonds is 9. The van der Waals surface area contributed by atoms with Gasteiger partial charge in [-0.05, 0) is 50.1 Å². The van der Waals surface area contributed by atoms with Gasteiger partial charge in [0.25, 0.3) is 11.5 Å². The quantitative estimate of drug-likeness (QED) is 0.331. The first-order valence-corrected chi connectivity index (χ1v) is 12.7. The fourth-order valence-electron chi connectivity index (χ4n) is 3.73. The zero-order valence-corrected chi connectivity index (χ0v) is 21.1. The van der Waals surface area contributed by atoms with Gasteiger partial charge >= 0.3 is 0 Å². The molecule has 188 valence electrons. The van der Waals surface area contributed by atoms with Crippen LogP contribution in [-0.4, -0.2) is 42.8 Å². The molecular formula is C25H27FN6O3S. The van der Waals surface area contributed by atoms with Gasteiger partial charge in [0.15, 0.2) is 5.16 Å². The average molecular weight is 511 g/mol. The van der Waals surface area contributed by atoms with E-state index in [2.05, 4.69) is 20.8 Å². The van der Waals surface area contributed by atoms with E-state index < -0.39 is 11.7 Å². The fourth-order valence-corrected chi connectivity index (χ4v) is 4.47. The lowest BCUT2D eigenvalue weighted by molar-refractivity contribution is -0.113. The standard InChI is InChI=1S/C25H27FN6O3S/c1-4-12-31-23(35)17-11-10-16(22(34)27-15(3)5-2)13-20(17)32-24(31)29-30-25(32)36-14-21(33)28-19-9-7-6-8-18(19)26/h6-11,13,15H,4-5,12,14H2,1-3H3,(H,27,34)(H,28,33). The van der Waals surface area contributed by atoms with Gasteiger partial charge in [0.1, 0.15) is 5.82 Å². The summed E-state index contributed by atoms with van der Waals surface area (Å²) in [5.74, 6) is -0.921. The number of nitrogens with zero attached hydrogens (tertiary/aromatic N) is 4. The van der Waals surface area contributed by atoms with Crippen LogP contribution < -0.4 is 16.2 Å². The maximum Gasteiger partial charge on any atom is 0.262 e. The summed E-state index contributed by atoms with van der Waals surface area (Å²) in [4.78, 5) is 38.5. The number of halogens is 1. The summed E-state index contributed by atoms with van der Waals surface area (Å²) in [6.45, 7) is 6.29. The van der Waals surface area contributed by atoms with Crippen LogP contribution in [0.5, 0.6) is 0 Å². The largest absolute Gasteiger partial charge is 0.350 e. The fraction of sp³-hybridized carbons (Fsp3) is 0.320. The summed E-state index contributed by atoms with van der Waals surface area (Å²) in [5, 5.41) is 14.7. The first-order chi connectivity index (χ1) is 17.3. The molecule has 2 aromatic heterocycles. The molecular weight excluding hydrogens is 483 g/mol. The lowest BCUT2D eigenvalue weighted by Crippen LogP contribution is -2.32. The van der Waals surface area contributed by atoms with Crippen molar-refractivity contribution >= 4 is 45.9 Å². The summed E-state index contributed by atoms with van der Waals surface area (Å²) in [6.07, 6.45) is 1.49. The molecule has 2 heterocycles. The summed E-state index contributed by atoms with van der Waals surface area (Å²) < 4.78 is 17.1. The first-order valence-electron chi connectivity index (χ1n) is 11.7. The van der Waals surface area contributed by atoms with Gasteiger partial charge in [0.05, 0.1) is 22.3 Å². The first kappa shape index (κ1) is 25.4. The van der Waals surface area contributed by atoms with Crippen molar-refractivity contribution in [3.8, 4) is 0 Å². The maximum absolute atomic E-state index is 13.9. The van der Waals surface area contributed by atoms with E-state index in [4.69, 9.17) is 0 Å². The predicted molar refractivity (Wildman–Crippen MR) is 138 cm³/mol. The van der Waals surface area contributed by atoms with Crippen LogP contribution in [0.4, 0.5) is 10.1 Å². The number of carbonyl (C=O) groups excluding carboxylic acids is 2. The van der Waals surface area contributed by atoms with Crippen LogP contribution in [-0.2, 0) is 11.3 Å². The Kier molecular flexibility index (Phi) is 7.68. The molecule has 4 aromatic rings. The van der Waals surface area contributed by atoms with Crippen LogP contribution >= 0.6 is 11.8 Å². The van der Waals surface area contributed by atoms with Crippen molar-refractivity contribution in [2.24, 2.45) is 0 Å². The van der Waals surface area contributed by atoms with Crippen LogP contribution in [0.15, 0.2) is 52.4 Å². The van der Waals surface area contributed by atoms with Gasteiger partial charge in [-0.2, -0.15) is 0 Å². The summed E-state index contributed by atoms with van der Waals surface area (Å²) in [7, 11) is 0. The smallest absolute Gasteiger partial charge is 0.262 e. The van der Waals surface area contributed by atoms with Gasteiger partial charge in [-0.1, -0.05) is 37.7 Å². The number of thioether (sulfide) groups is 1. The number of amides is 2. The van der Waals surface area contributed by atoms with Crippen LogP contribution in [0.2, 0.25) is 0 Å². The molecule has 2 amide bonds. The molecule has 11 heteroatoms. The lowest BCUT2D eigenvalue weighted by Gasteiger charge is -2.14. The van der Waals surface area contributed by atoms with E-state index in [1.165, 1.54) is 16.7 Å². The van der Waals surface area contributed by atoms with Crippen LogP contribution in [0.25, 0.3) is 16.7 Å². The van der Waals surface area contributed by atoms with Crippen molar-refractivity contribution in [3.05, 3.63) is 64.2 Å². The minimum absolute atomic E-state index is 0.000220. The summed E-state index contributed by atoms with van der Waals surface area (Å²) in [5.41, 5.74) is 0.739. The van der Waals surface area contributed by atoms with E-state index in [0.717, 1.165) is 18.2 Å². The highest BCUT2D eigenvalue weighted by molar-refractivity contribution is 7.99. The van der Waals surface area contributed by atoms with E-state index in [1.807, 2.05) is 20.8 Å². The van der Waals surface area contributed by atoms with E-state index in [-0.39, 0.29) is 28.9 Å². The maximum atomic E-state index is 13.9. The summed E-state index contributed by atoms with van der Waals surface area (Å²) >= 11 is 1.10. The Morgan fingerprint density at radius 3 is 2.64 bits per heavy atom. The third-order valence-electron chi connectivity index (χ3n) is 5.75. The zero-order chi connectivity index (χ0) is 25.8. The zero-order valence-electron chi connectivity index (χ0n) is 20.2. The second-order valence-corrected chi connectivity index (χ2v) is 9.35. The van der Waals surface area contributed by atoms with Crippen molar-refractivity contribution < 1.29 is 14.0 Å². The molecule has 0 saturated heterocycles. The highest BCUT2D eigenvalue weighted by Gasteiger charge is 2.19. The molecule has 0 aliphatic heterocycles. The molecule has 0 bridgehead atoms. The second kappa shape index (κ2) is 10.9. The minimum Gasteiger partial charge on any atom is -0.350 e. The molecule has 2 N–H and O–H groups in total. The highest BCUT2D eigenvalue weighted by Crippen LogP contribution is 2.23. The molecule has 0 radical (unpaired) electrons. The number of fused-ring (bicyclic) bond motifs is 3. The van der Waals surface area contributed by atoms with Crippen molar-refractivity contribution in [1.29, 1.82) is 0 Å². The Bertz CT molecular complexity index is 1500. The van der Waals surface area contributed by atoms with Gasteiger partial charge < -0.3 is 10.6 Å². The molecule has 0 aliphatic rings. The number of para-hydroxylation sites is 1. The Morgan fingerprint density at radius 2 is 1.92 bits per heavy atom. The number of nitrogens with one attached hydrogen (secondary N) is 2. The van der Waals surface area contributed by atoms with E-state index in [0.29, 0.717) is 40.4 Å². The summed E-state index contributed by atoms with van der Waals surface area (Å²) in [6, 6.07) is 10.8. The van der Waals surface area contributed by atoms with Crippen molar-refractivity contribution in [1.82, 2.24) is 24.5 Å². The number of aromatic nitrogens is 4. The Morgan fingerprint density at radius 1 is 1.14 bits per heavy atom. The Balaban J connectivity index is 1.73. The van der Waals surface area contributed by atoms with E-state index in [1.54, 1.807) is 34.7 Å². The van der Waals surface area contributed by atoms with Crippen LogP contribution in [0, 0.1) is 5.82 Å². The number of hydrogen-bond acceptors (Lipinski definition) is 6. The van der Waals surface area contributed by atoms with Gasteiger partial charge in [-0.15, -0.1) is 10.2 Å². The van der Waals surface area contributed by atoms with Gasteiger partial charge in [-0.3, -0.25) is 23.4 Å². The van der Waals surface area contributed by atoms with Crippen molar-refractivity contribution in [2.75, 3.05) is 11.1 Å². The van der Waals surface area contributed by atoms with Gasteiger partial charge in [-0.25, -0.2) is 4.39 Å². The molecule has 4 rings (SSSR count). The SMILES string of the molecule is CCCn1c(=O)c2ccc(C(=O)NC(C)CC)cc2n2c(SCC(=O)Nc3ccccc3F)nnc12. The molecule has 36 heavy (non-hydrogen) atoms. The molecule has 1 unspecified atom stereocenters. The van der Waals surface area contributed by atoms with E-state index >= 15 is 0 Å². The van der Waals surface area contributed by atoms with E-state index in [9.17, 15) is 18.8 Å². The Hall–Kier alpha value is -3.73. The van der Waals surface area contributed by atoms with Crippen LogP contribution in [0.1, 0.15) is 44.0 Å². The number of benzene rings is 2. The molecule has 1 atom stereocenters. The average Bonchev–Trinajstić information content (AvgIpc) is 3.30. The van der Waals surface area contributed by atoms with Crippen molar-refractivity contribution in [3.63, 3.8) is 0 Å². The van der Waals surface area contributed by atoms with Gasteiger partial charge in [0.2, 0.25) is 11.7 Å². The second-order valence-electron chi connectivity index (χ2n) is 8.41. The molecule has 0 spiro atoms. The number of hydrogen-bond donors (Lipinski definition) is 2. The molecule has 2 aromatic carbocycles. The van der Waals surface area contributed by atoms with Crippen molar-refractivity contribution in [2.45, 2.75) is 51.4 Å². The third-order valence-corrected chi connectivity index (χ3v) is 6.68. The molecule has 0 aliphatic carbocycles. The normalized spacial score (nSPS) is 12.1. The molecule has 0 fully saturated rings.